The summed E-state index contributed by atoms with van der Waals surface area (Å²) in [7, 11) is 0. The second-order valence-electron chi connectivity index (χ2n) is 3.07. The predicted octanol–water partition coefficient (Wildman–Crippen LogP) is 2.38. The summed E-state index contributed by atoms with van der Waals surface area (Å²) < 4.78 is 0. The first-order chi connectivity index (χ1) is 6.77. The van der Waals surface area contributed by atoms with Gasteiger partial charge in [0, 0.05) is 17.4 Å². The van der Waals surface area contributed by atoms with Crippen LogP contribution in [-0.2, 0) is 0 Å². The van der Waals surface area contributed by atoms with Crippen LogP contribution >= 0.6 is 0 Å². The van der Waals surface area contributed by atoms with E-state index in [1.165, 1.54) is 6.07 Å². The van der Waals surface area contributed by atoms with E-state index in [1.54, 1.807) is 12.1 Å². The van der Waals surface area contributed by atoms with Crippen LogP contribution in [0.5, 0.6) is 11.5 Å². The number of rotatable bonds is 1. The van der Waals surface area contributed by atoms with Gasteiger partial charge < -0.3 is 10.2 Å². The summed E-state index contributed by atoms with van der Waals surface area (Å²) in [4.78, 5) is 0. The average molecular weight is 213 g/mol. The van der Waals surface area contributed by atoms with Crippen molar-refractivity contribution in [2.24, 2.45) is 0 Å². The summed E-state index contributed by atoms with van der Waals surface area (Å²) in [5, 5.41) is 18.5. The summed E-state index contributed by atoms with van der Waals surface area (Å²) in [6, 6.07) is 14.5. The topological polar surface area (TPSA) is 40.5 Å². The van der Waals surface area contributed by atoms with Crippen LogP contribution in [0.15, 0.2) is 48.5 Å². The largest absolute Gasteiger partial charge is 0.504 e. The van der Waals surface area contributed by atoms with Crippen LogP contribution in [0.3, 0.4) is 0 Å². The van der Waals surface area contributed by atoms with Crippen molar-refractivity contribution in [2.45, 2.75) is 0 Å². The minimum Gasteiger partial charge on any atom is -0.504 e. The molecule has 2 aromatic rings. The molecule has 0 aliphatic heterocycles. The number of aromatic hydroxyl groups is 2. The fourth-order valence-electron chi connectivity index (χ4n) is 1.33. The molecular formula is C12H10AlO2. The maximum atomic E-state index is 9.31. The Bertz CT molecular complexity index is 441. The Balaban J connectivity index is 0.00000112. The van der Waals surface area contributed by atoms with Gasteiger partial charge in [-0.25, -0.2) is 0 Å². The smallest absolute Gasteiger partial charge is 0.158 e. The summed E-state index contributed by atoms with van der Waals surface area (Å²) in [5.74, 6) is -0.184. The Morgan fingerprint density at radius 1 is 0.667 bits per heavy atom. The minimum absolute atomic E-state index is 0. The Kier molecular flexibility index (Phi) is 3.79. The minimum atomic E-state index is -0.0929. The monoisotopic (exact) mass is 213 g/mol. The molecule has 0 unspecified atom stereocenters. The van der Waals surface area contributed by atoms with Crippen LogP contribution in [-0.4, -0.2) is 27.6 Å². The highest BCUT2D eigenvalue weighted by Gasteiger charge is 2.01. The van der Waals surface area contributed by atoms with Crippen molar-refractivity contribution in [1.29, 1.82) is 0 Å². The van der Waals surface area contributed by atoms with E-state index in [4.69, 9.17) is 5.11 Å². The number of hydrogen-bond acceptors (Lipinski definition) is 2. The van der Waals surface area contributed by atoms with Gasteiger partial charge in [-0.05, 0) is 23.3 Å². The van der Waals surface area contributed by atoms with Gasteiger partial charge in [-0.15, -0.1) is 0 Å². The summed E-state index contributed by atoms with van der Waals surface area (Å²) in [6.07, 6.45) is 0. The fourth-order valence-corrected chi connectivity index (χ4v) is 1.33. The molecule has 0 amide bonds. The third kappa shape index (κ3) is 2.53. The molecule has 0 fully saturated rings. The van der Waals surface area contributed by atoms with Gasteiger partial charge in [0.05, 0.1) is 0 Å². The Labute approximate surface area is 99.0 Å². The van der Waals surface area contributed by atoms with Gasteiger partial charge in [-0.3, -0.25) is 0 Å². The highest BCUT2D eigenvalue weighted by Crippen LogP contribution is 2.30. The second kappa shape index (κ2) is 4.88. The number of phenolic OH excluding ortho intramolecular Hbond substituents is 2. The van der Waals surface area contributed by atoms with Crippen molar-refractivity contribution in [3.63, 3.8) is 0 Å². The molecule has 0 spiro atoms. The number of phenols is 2. The van der Waals surface area contributed by atoms with E-state index >= 15 is 0 Å². The van der Waals surface area contributed by atoms with E-state index in [2.05, 4.69) is 0 Å². The van der Waals surface area contributed by atoms with E-state index in [9.17, 15) is 5.11 Å². The van der Waals surface area contributed by atoms with Gasteiger partial charge >= 0.3 is 0 Å². The molecule has 15 heavy (non-hydrogen) atoms. The molecule has 2 rings (SSSR count). The van der Waals surface area contributed by atoms with Crippen molar-refractivity contribution in [3.05, 3.63) is 48.5 Å². The first-order valence-corrected chi connectivity index (χ1v) is 4.35. The first-order valence-electron chi connectivity index (χ1n) is 4.35. The molecule has 0 aliphatic rings. The first kappa shape index (κ1) is 11.6. The van der Waals surface area contributed by atoms with E-state index in [0.717, 1.165) is 11.1 Å². The molecule has 2 aromatic carbocycles. The molecular weight excluding hydrogens is 203 g/mol. The predicted molar refractivity (Wildman–Crippen MR) is 61.0 cm³/mol. The van der Waals surface area contributed by atoms with E-state index in [0.29, 0.717) is 0 Å². The van der Waals surface area contributed by atoms with Crippen LogP contribution < -0.4 is 0 Å². The lowest BCUT2D eigenvalue weighted by Crippen LogP contribution is -1.76. The Morgan fingerprint density at radius 2 is 1.33 bits per heavy atom. The normalized spacial score (nSPS) is 9.33. The zero-order chi connectivity index (χ0) is 9.97. The van der Waals surface area contributed by atoms with E-state index < -0.39 is 0 Å². The van der Waals surface area contributed by atoms with Crippen molar-refractivity contribution < 1.29 is 10.2 Å². The quantitative estimate of drug-likeness (QED) is 0.564. The lowest BCUT2D eigenvalue weighted by molar-refractivity contribution is 0.404. The molecule has 0 saturated heterocycles. The second-order valence-corrected chi connectivity index (χ2v) is 3.07. The molecule has 3 radical (unpaired) electrons. The molecule has 73 valence electrons. The van der Waals surface area contributed by atoms with Gasteiger partial charge in [0.15, 0.2) is 11.5 Å². The molecule has 2 nitrogen and oxygen atoms in total. The van der Waals surface area contributed by atoms with Crippen LogP contribution in [0.25, 0.3) is 11.1 Å². The fraction of sp³-hybridized carbons (Fsp3) is 0. The Hall–Kier alpha value is -1.43. The maximum absolute atomic E-state index is 9.31. The zero-order valence-corrected chi connectivity index (χ0v) is 9.25. The van der Waals surface area contributed by atoms with Gasteiger partial charge in [0.2, 0.25) is 0 Å². The molecule has 2 N–H and O–H groups in total. The van der Waals surface area contributed by atoms with Crippen molar-refractivity contribution in [3.8, 4) is 22.6 Å². The highest BCUT2D eigenvalue weighted by molar-refractivity contribution is 5.75. The van der Waals surface area contributed by atoms with Gasteiger partial charge in [-0.1, -0.05) is 36.4 Å². The average Bonchev–Trinajstić information content (AvgIpc) is 2.23. The van der Waals surface area contributed by atoms with E-state index in [-0.39, 0.29) is 28.9 Å². The third-order valence-electron chi connectivity index (χ3n) is 2.08. The third-order valence-corrected chi connectivity index (χ3v) is 2.08. The van der Waals surface area contributed by atoms with Crippen LogP contribution in [0.1, 0.15) is 0 Å². The summed E-state index contributed by atoms with van der Waals surface area (Å²) >= 11 is 0. The molecule has 3 heteroatoms. The lowest BCUT2D eigenvalue weighted by atomic mass is 10.1. The molecule has 0 atom stereocenters. The number of hydrogen-bond donors (Lipinski definition) is 2. The lowest BCUT2D eigenvalue weighted by Gasteiger charge is -2.02. The van der Waals surface area contributed by atoms with Crippen LogP contribution in [0.2, 0.25) is 0 Å². The van der Waals surface area contributed by atoms with Crippen molar-refractivity contribution in [1.82, 2.24) is 0 Å². The molecule has 0 saturated carbocycles. The Morgan fingerprint density at radius 3 is 1.93 bits per heavy atom. The van der Waals surface area contributed by atoms with E-state index in [1.807, 2.05) is 30.3 Å². The summed E-state index contributed by atoms with van der Waals surface area (Å²) in [6.45, 7) is 0. The molecule has 0 bridgehead atoms. The highest BCUT2D eigenvalue weighted by atomic mass is 27.0. The van der Waals surface area contributed by atoms with Crippen molar-refractivity contribution >= 4 is 17.4 Å². The zero-order valence-electron chi connectivity index (χ0n) is 8.09. The van der Waals surface area contributed by atoms with Crippen molar-refractivity contribution in [2.75, 3.05) is 0 Å². The standard InChI is InChI=1S/C12H10O2.Al/c13-11-7-6-10(8-12(11)14)9-4-2-1-3-5-9;/h1-8,13-14H;. The summed E-state index contributed by atoms with van der Waals surface area (Å²) in [5.41, 5.74) is 1.91. The van der Waals surface area contributed by atoms with Gasteiger partial charge in [0.25, 0.3) is 0 Å². The SMILES string of the molecule is Oc1ccc(-c2ccccc2)cc1O.[Al]. The number of benzene rings is 2. The maximum Gasteiger partial charge on any atom is 0.158 e. The van der Waals surface area contributed by atoms with Gasteiger partial charge in [-0.2, -0.15) is 0 Å². The van der Waals surface area contributed by atoms with Crippen LogP contribution in [0.4, 0.5) is 0 Å². The van der Waals surface area contributed by atoms with Crippen LogP contribution in [0, 0.1) is 0 Å². The molecule has 0 aromatic heterocycles. The molecule has 0 heterocycles. The molecule has 0 aliphatic carbocycles. The van der Waals surface area contributed by atoms with Gasteiger partial charge in [0.1, 0.15) is 0 Å².